The van der Waals surface area contributed by atoms with Crippen LogP contribution < -0.4 is 5.73 Å². The minimum Gasteiger partial charge on any atom is -0.328 e. The van der Waals surface area contributed by atoms with Crippen LogP contribution in [0.1, 0.15) is 31.2 Å². The van der Waals surface area contributed by atoms with Gasteiger partial charge in [-0.3, -0.25) is 4.18 Å². The predicted octanol–water partition coefficient (Wildman–Crippen LogP) is 1.97. The van der Waals surface area contributed by atoms with Gasteiger partial charge in [-0.05, 0) is 44.7 Å². The zero-order chi connectivity index (χ0) is 13.2. The topological polar surface area (TPSA) is 69.4 Å². The molecule has 0 amide bonds. The van der Waals surface area contributed by atoms with Crippen molar-refractivity contribution in [2.75, 3.05) is 0 Å². The molecule has 1 aliphatic carbocycles. The normalized spacial score (nSPS) is 25.0. The summed E-state index contributed by atoms with van der Waals surface area (Å²) >= 11 is 0. The van der Waals surface area contributed by atoms with Crippen molar-refractivity contribution in [1.29, 1.82) is 0 Å². The highest BCUT2D eigenvalue weighted by molar-refractivity contribution is 7.86. The van der Waals surface area contributed by atoms with E-state index in [2.05, 4.69) is 0 Å². The van der Waals surface area contributed by atoms with E-state index in [1.165, 1.54) is 0 Å². The predicted molar refractivity (Wildman–Crippen MR) is 69.7 cm³/mol. The largest absolute Gasteiger partial charge is 0.328 e. The lowest BCUT2D eigenvalue weighted by atomic mass is 9.94. The molecule has 0 heterocycles. The Balaban J connectivity index is 2.09. The fraction of sp³-hybridized carbons (Fsp3) is 0.538. The Morgan fingerprint density at radius 1 is 1.22 bits per heavy atom. The van der Waals surface area contributed by atoms with Crippen LogP contribution in [0.4, 0.5) is 0 Å². The molecule has 0 saturated heterocycles. The van der Waals surface area contributed by atoms with Gasteiger partial charge in [0.05, 0.1) is 11.0 Å². The molecule has 0 unspecified atom stereocenters. The van der Waals surface area contributed by atoms with Crippen LogP contribution in [-0.4, -0.2) is 20.6 Å². The van der Waals surface area contributed by atoms with Crippen LogP contribution in [0.25, 0.3) is 0 Å². The standard InChI is InChI=1S/C13H19NO3S/c1-10-5-7-13(8-6-10)18(15,16)17-12-4-2-3-11(14)9-12/h5-8,11-12H,2-4,9,14H2,1H3/t11-,12+/m0/s1. The number of aryl methyl sites for hydroxylation is 1. The number of hydrogen-bond donors (Lipinski definition) is 1. The molecule has 2 N–H and O–H groups in total. The van der Waals surface area contributed by atoms with Gasteiger partial charge >= 0.3 is 0 Å². The van der Waals surface area contributed by atoms with Gasteiger partial charge in [-0.2, -0.15) is 8.42 Å². The molecule has 100 valence electrons. The molecule has 5 heteroatoms. The van der Waals surface area contributed by atoms with E-state index in [0.29, 0.717) is 6.42 Å². The molecular formula is C13H19NO3S. The maximum Gasteiger partial charge on any atom is 0.297 e. The molecule has 2 atom stereocenters. The highest BCUT2D eigenvalue weighted by atomic mass is 32.2. The molecule has 1 saturated carbocycles. The van der Waals surface area contributed by atoms with Crippen molar-refractivity contribution in [1.82, 2.24) is 0 Å². The summed E-state index contributed by atoms with van der Waals surface area (Å²) in [5.41, 5.74) is 6.85. The lowest BCUT2D eigenvalue weighted by molar-refractivity contribution is 0.151. The monoisotopic (exact) mass is 269 g/mol. The van der Waals surface area contributed by atoms with Crippen molar-refractivity contribution in [2.45, 2.75) is 49.6 Å². The number of benzene rings is 1. The second-order valence-electron chi connectivity index (χ2n) is 4.91. The van der Waals surface area contributed by atoms with Crippen molar-refractivity contribution in [3.05, 3.63) is 29.8 Å². The van der Waals surface area contributed by atoms with Crippen molar-refractivity contribution in [3.63, 3.8) is 0 Å². The number of hydrogen-bond acceptors (Lipinski definition) is 4. The average molecular weight is 269 g/mol. The van der Waals surface area contributed by atoms with Crippen molar-refractivity contribution >= 4 is 10.1 Å². The van der Waals surface area contributed by atoms with E-state index in [1.54, 1.807) is 24.3 Å². The zero-order valence-corrected chi connectivity index (χ0v) is 11.3. The summed E-state index contributed by atoms with van der Waals surface area (Å²) in [5, 5.41) is 0. The van der Waals surface area contributed by atoms with E-state index in [4.69, 9.17) is 9.92 Å². The first-order valence-corrected chi connectivity index (χ1v) is 7.64. The average Bonchev–Trinajstić information content (AvgIpc) is 2.29. The highest BCUT2D eigenvalue weighted by Gasteiger charge is 2.26. The van der Waals surface area contributed by atoms with Gasteiger partial charge in [0.2, 0.25) is 0 Å². The highest BCUT2D eigenvalue weighted by Crippen LogP contribution is 2.24. The maximum absolute atomic E-state index is 12.1. The quantitative estimate of drug-likeness (QED) is 0.852. The third-order valence-corrected chi connectivity index (χ3v) is 4.61. The summed E-state index contributed by atoms with van der Waals surface area (Å²) in [4.78, 5) is 0.215. The molecular weight excluding hydrogens is 250 g/mol. The smallest absolute Gasteiger partial charge is 0.297 e. The lowest BCUT2D eigenvalue weighted by Crippen LogP contribution is -2.33. The molecule has 0 bridgehead atoms. The minimum absolute atomic E-state index is 0.0527. The summed E-state index contributed by atoms with van der Waals surface area (Å²) in [6.45, 7) is 1.91. The van der Waals surface area contributed by atoms with Crippen LogP contribution in [0.15, 0.2) is 29.2 Å². The van der Waals surface area contributed by atoms with E-state index in [9.17, 15) is 8.42 Å². The van der Waals surface area contributed by atoms with E-state index in [-0.39, 0.29) is 17.0 Å². The lowest BCUT2D eigenvalue weighted by Gasteiger charge is -2.26. The first-order chi connectivity index (χ1) is 8.47. The van der Waals surface area contributed by atoms with Crippen LogP contribution in [0.5, 0.6) is 0 Å². The number of rotatable bonds is 3. The molecule has 2 rings (SSSR count). The Bertz CT molecular complexity index is 495. The van der Waals surface area contributed by atoms with Gasteiger partial charge in [0.15, 0.2) is 0 Å². The molecule has 1 aliphatic rings. The van der Waals surface area contributed by atoms with Gasteiger partial charge < -0.3 is 5.73 Å². The van der Waals surface area contributed by atoms with Crippen LogP contribution in [0.2, 0.25) is 0 Å². The van der Waals surface area contributed by atoms with E-state index in [0.717, 1.165) is 24.8 Å². The third kappa shape index (κ3) is 3.31. The van der Waals surface area contributed by atoms with Gasteiger partial charge in [0.25, 0.3) is 10.1 Å². The van der Waals surface area contributed by atoms with Gasteiger partial charge in [0.1, 0.15) is 0 Å². The minimum atomic E-state index is -3.66. The molecule has 0 radical (unpaired) electrons. The van der Waals surface area contributed by atoms with Crippen molar-refractivity contribution in [3.8, 4) is 0 Å². The second kappa shape index (κ2) is 5.38. The summed E-state index contributed by atoms with van der Waals surface area (Å²) in [5.74, 6) is 0. The summed E-state index contributed by atoms with van der Waals surface area (Å²) in [6, 6.07) is 6.74. The van der Waals surface area contributed by atoms with Crippen LogP contribution in [0, 0.1) is 6.92 Å². The van der Waals surface area contributed by atoms with Crippen LogP contribution >= 0.6 is 0 Å². The Labute approximate surface area is 108 Å². The molecule has 0 spiro atoms. The van der Waals surface area contributed by atoms with E-state index >= 15 is 0 Å². The van der Waals surface area contributed by atoms with E-state index in [1.807, 2.05) is 6.92 Å². The fourth-order valence-corrected chi connectivity index (χ4v) is 3.32. The Morgan fingerprint density at radius 2 is 1.89 bits per heavy atom. The molecule has 1 aromatic carbocycles. The molecule has 18 heavy (non-hydrogen) atoms. The number of nitrogens with two attached hydrogens (primary N) is 1. The molecule has 1 fully saturated rings. The third-order valence-electron chi connectivity index (χ3n) is 3.24. The molecule has 0 aromatic heterocycles. The first kappa shape index (κ1) is 13.5. The van der Waals surface area contributed by atoms with Gasteiger partial charge in [-0.1, -0.05) is 17.7 Å². The molecule has 4 nitrogen and oxygen atoms in total. The SMILES string of the molecule is Cc1ccc(S(=O)(=O)O[C@@H]2CCC[C@H](N)C2)cc1. The fourth-order valence-electron chi connectivity index (χ4n) is 2.21. The van der Waals surface area contributed by atoms with Gasteiger partial charge in [0, 0.05) is 6.04 Å². The Morgan fingerprint density at radius 3 is 2.50 bits per heavy atom. The Kier molecular flexibility index (Phi) is 4.04. The summed E-state index contributed by atoms with van der Waals surface area (Å²) in [7, 11) is -3.66. The molecule has 1 aromatic rings. The van der Waals surface area contributed by atoms with Gasteiger partial charge in [-0.25, -0.2) is 0 Å². The molecule has 0 aliphatic heterocycles. The summed E-state index contributed by atoms with van der Waals surface area (Å²) < 4.78 is 29.4. The zero-order valence-electron chi connectivity index (χ0n) is 10.5. The van der Waals surface area contributed by atoms with Crippen LogP contribution in [0.3, 0.4) is 0 Å². The first-order valence-electron chi connectivity index (χ1n) is 6.23. The van der Waals surface area contributed by atoms with Crippen molar-refractivity contribution in [2.24, 2.45) is 5.73 Å². The van der Waals surface area contributed by atoms with E-state index < -0.39 is 10.1 Å². The van der Waals surface area contributed by atoms with Crippen LogP contribution in [-0.2, 0) is 14.3 Å². The Hall–Kier alpha value is -0.910. The second-order valence-corrected chi connectivity index (χ2v) is 6.48. The maximum atomic E-state index is 12.1. The van der Waals surface area contributed by atoms with Crippen molar-refractivity contribution < 1.29 is 12.6 Å². The summed E-state index contributed by atoms with van der Waals surface area (Å²) in [6.07, 6.45) is 2.98. The van der Waals surface area contributed by atoms with Gasteiger partial charge in [-0.15, -0.1) is 0 Å².